The molecule has 0 spiro atoms. The number of hydrogen-bond donors (Lipinski definition) is 0. The number of aryl methyl sites for hydroxylation is 5. The number of rotatable bonds is 2. The number of hydrogen-bond acceptors (Lipinski definition) is 2. The summed E-state index contributed by atoms with van der Waals surface area (Å²) in [4.78, 5) is 0. The van der Waals surface area contributed by atoms with Crippen molar-refractivity contribution in [3.63, 3.8) is 0 Å². The van der Waals surface area contributed by atoms with E-state index in [4.69, 9.17) is 0 Å². The highest BCUT2D eigenvalue weighted by Gasteiger charge is 2.22. The molecule has 0 aliphatic carbocycles. The molecule has 0 N–H and O–H groups in total. The minimum absolute atomic E-state index is 0.627. The first-order valence-corrected chi connectivity index (χ1v) is 18.0. The minimum atomic E-state index is 0.627. The Hall–Kier alpha value is -6.88. The Morgan fingerprint density at radius 1 is 0.377 bits per heavy atom. The van der Waals surface area contributed by atoms with Gasteiger partial charge in [0.1, 0.15) is 0 Å². The average molecular weight is 679 g/mol. The van der Waals surface area contributed by atoms with Gasteiger partial charge < -0.3 is 8.97 Å². The molecule has 0 radical (unpaired) electrons. The van der Waals surface area contributed by atoms with E-state index in [-0.39, 0.29) is 0 Å². The summed E-state index contributed by atoms with van der Waals surface area (Å²) >= 11 is 0. The predicted octanol–water partition coefficient (Wildman–Crippen LogP) is 12.6. The van der Waals surface area contributed by atoms with E-state index in [0.717, 1.165) is 77.1 Å². The third-order valence-corrected chi connectivity index (χ3v) is 11.3. The van der Waals surface area contributed by atoms with Gasteiger partial charge in [0, 0.05) is 21.5 Å². The molecule has 0 unspecified atom stereocenters. The van der Waals surface area contributed by atoms with Crippen LogP contribution < -0.4 is 0 Å². The lowest BCUT2D eigenvalue weighted by atomic mass is 9.92. The predicted molar refractivity (Wildman–Crippen MR) is 220 cm³/mol. The molecular weight excluding hydrogens is 645 g/mol. The second kappa shape index (κ2) is 11.1. The van der Waals surface area contributed by atoms with E-state index < -0.39 is 0 Å². The van der Waals surface area contributed by atoms with Gasteiger partial charge in [-0.05, 0) is 163 Å². The third kappa shape index (κ3) is 4.40. The Kier molecular flexibility index (Phi) is 6.45. The first-order valence-electron chi connectivity index (χ1n) is 18.0. The van der Waals surface area contributed by atoms with Crippen LogP contribution in [0.25, 0.3) is 87.5 Å². The van der Waals surface area contributed by atoms with Gasteiger partial charge in [0.05, 0.1) is 56.5 Å². The first kappa shape index (κ1) is 30.9. The van der Waals surface area contributed by atoms with Gasteiger partial charge >= 0.3 is 0 Å². The van der Waals surface area contributed by atoms with Crippen molar-refractivity contribution >= 4 is 70.7 Å². The Morgan fingerprint density at radius 2 is 0.943 bits per heavy atom. The van der Waals surface area contributed by atoms with Gasteiger partial charge in [-0.25, -0.2) is 0 Å². The molecule has 0 saturated carbocycles. The monoisotopic (exact) mass is 678 g/mol. The Labute approximate surface area is 307 Å². The van der Waals surface area contributed by atoms with Crippen molar-refractivity contribution in [1.29, 1.82) is 10.5 Å². The summed E-state index contributed by atoms with van der Waals surface area (Å²) in [5.74, 6) is 0. The molecule has 3 aromatic heterocycles. The Morgan fingerprint density at radius 3 is 1.58 bits per heavy atom. The smallest absolute Gasteiger partial charge is 0.0991 e. The van der Waals surface area contributed by atoms with E-state index >= 15 is 0 Å². The summed E-state index contributed by atoms with van der Waals surface area (Å²) < 4.78 is 4.90. The van der Waals surface area contributed by atoms with Gasteiger partial charge in [-0.1, -0.05) is 47.0 Å². The molecule has 7 aromatic carbocycles. The summed E-state index contributed by atoms with van der Waals surface area (Å²) in [5.41, 5.74) is 16.0. The fourth-order valence-corrected chi connectivity index (χ4v) is 8.84. The lowest BCUT2D eigenvalue weighted by Crippen LogP contribution is -2.00. The van der Waals surface area contributed by atoms with Crippen LogP contribution >= 0.6 is 0 Å². The average Bonchev–Trinajstić information content (AvgIpc) is 3.64. The number of nitriles is 2. The molecule has 0 amide bonds. The first-order chi connectivity index (χ1) is 25.7. The number of nitrogens with zero attached hydrogens (tertiary/aromatic N) is 4. The van der Waals surface area contributed by atoms with Crippen LogP contribution in [0.5, 0.6) is 0 Å². The van der Waals surface area contributed by atoms with Crippen molar-refractivity contribution in [1.82, 2.24) is 8.97 Å². The Bertz CT molecular complexity index is 3300. The van der Waals surface area contributed by atoms with E-state index in [1.807, 2.05) is 24.3 Å². The summed E-state index contributed by atoms with van der Waals surface area (Å²) in [5, 5.41) is 29.1. The van der Waals surface area contributed by atoms with E-state index in [9.17, 15) is 10.5 Å². The van der Waals surface area contributed by atoms with Crippen molar-refractivity contribution < 1.29 is 0 Å². The van der Waals surface area contributed by atoms with Gasteiger partial charge in [-0.3, -0.25) is 0 Å². The zero-order valence-electron chi connectivity index (χ0n) is 30.3. The number of aromatic nitrogens is 2. The maximum absolute atomic E-state index is 10.1. The zero-order chi connectivity index (χ0) is 36.3. The van der Waals surface area contributed by atoms with Gasteiger partial charge in [-0.15, -0.1) is 0 Å². The van der Waals surface area contributed by atoms with Gasteiger partial charge in [0.2, 0.25) is 0 Å². The van der Waals surface area contributed by atoms with Crippen LogP contribution in [0.2, 0.25) is 0 Å². The van der Waals surface area contributed by atoms with Crippen molar-refractivity contribution in [2.45, 2.75) is 34.6 Å². The Balaban J connectivity index is 1.55. The molecule has 0 atom stereocenters. The molecule has 10 aromatic rings. The zero-order valence-corrected chi connectivity index (χ0v) is 30.3. The molecular formula is C49H34N4. The quantitative estimate of drug-likeness (QED) is 0.183. The summed E-state index contributed by atoms with van der Waals surface area (Å²) in [6.07, 6.45) is 0. The van der Waals surface area contributed by atoms with Crippen molar-refractivity contribution in [2.24, 2.45) is 0 Å². The molecule has 4 bridgehead atoms. The van der Waals surface area contributed by atoms with Crippen LogP contribution in [0.15, 0.2) is 115 Å². The molecule has 0 saturated heterocycles. The standard InChI is InChI=1S/C49H34N4/c1-27-6-13-44-40(16-27)41-17-28(2)7-14-45(41)52(44)48-23-38(34-11-9-32(25-50)19-30(34)4)39-24-49(48)53-46-15-8-29(3)18-42(46)43-20-31(5)36(22-47(43)53)37-21-33(26-51)10-12-35(37)39/h6-24H,1-5H3. The van der Waals surface area contributed by atoms with Crippen LogP contribution in [0, 0.1) is 57.3 Å². The largest absolute Gasteiger partial charge is 0.307 e. The highest BCUT2D eigenvalue weighted by molar-refractivity contribution is 6.19. The maximum atomic E-state index is 10.1. The lowest BCUT2D eigenvalue weighted by molar-refractivity contribution is 1.17. The molecule has 250 valence electrons. The van der Waals surface area contributed by atoms with Crippen LogP contribution in [0.1, 0.15) is 38.9 Å². The molecule has 0 aliphatic rings. The fourth-order valence-electron chi connectivity index (χ4n) is 8.84. The van der Waals surface area contributed by atoms with Gasteiger partial charge in [-0.2, -0.15) is 10.5 Å². The fraction of sp³-hybridized carbons (Fsp3) is 0.102. The van der Waals surface area contributed by atoms with Crippen LogP contribution in [-0.2, 0) is 0 Å². The second-order valence-electron chi connectivity index (χ2n) is 14.8. The number of fused-ring (bicyclic) bond motifs is 13. The van der Waals surface area contributed by atoms with E-state index in [0.29, 0.717) is 11.1 Å². The normalized spacial score (nSPS) is 11.8. The summed E-state index contributed by atoms with van der Waals surface area (Å²) in [6.45, 7) is 10.8. The third-order valence-electron chi connectivity index (χ3n) is 11.3. The second-order valence-corrected chi connectivity index (χ2v) is 14.8. The molecule has 53 heavy (non-hydrogen) atoms. The molecule has 0 aliphatic heterocycles. The topological polar surface area (TPSA) is 56.9 Å². The van der Waals surface area contributed by atoms with Crippen molar-refractivity contribution in [2.75, 3.05) is 0 Å². The maximum Gasteiger partial charge on any atom is 0.0991 e. The van der Waals surface area contributed by atoms with Crippen molar-refractivity contribution in [3.8, 4) is 29.0 Å². The van der Waals surface area contributed by atoms with E-state index in [1.54, 1.807) is 0 Å². The molecule has 4 heteroatoms. The number of benzene rings is 7. The van der Waals surface area contributed by atoms with Crippen LogP contribution in [-0.4, -0.2) is 8.97 Å². The molecule has 4 nitrogen and oxygen atoms in total. The molecule has 3 heterocycles. The van der Waals surface area contributed by atoms with Gasteiger partial charge in [0.15, 0.2) is 0 Å². The summed E-state index contributed by atoms with van der Waals surface area (Å²) in [6, 6.07) is 46.6. The SMILES string of the molecule is Cc1ccc2c(c1)c1cc(C)ccc1n2-c1cc(-c2ccc(C#N)cc2C)c2cc1n1c3ccc(C)cc3c3cc(C)c(cc31)c1cc(C#N)ccc21. The van der Waals surface area contributed by atoms with Crippen LogP contribution in [0.3, 0.4) is 0 Å². The van der Waals surface area contributed by atoms with Crippen molar-refractivity contribution in [3.05, 3.63) is 154 Å². The summed E-state index contributed by atoms with van der Waals surface area (Å²) in [7, 11) is 0. The lowest BCUT2D eigenvalue weighted by Gasteiger charge is -2.17. The van der Waals surface area contributed by atoms with E-state index in [1.165, 1.54) is 38.2 Å². The molecule has 0 fully saturated rings. The van der Waals surface area contributed by atoms with Gasteiger partial charge in [0.25, 0.3) is 0 Å². The highest BCUT2D eigenvalue weighted by Crippen LogP contribution is 2.43. The van der Waals surface area contributed by atoms with E-state index in [2.05, 4.69) is 147 Å². The van der Waals surface area contributed by atoms with Crippen LogP contribution in [0.4, 0.5) is 0 Å². The molecule has 10 rings (SSSR count). The highest BCUT2D eigenvalue weighted by atomic mass is 15.0. The minimum Gasteiger partial charge on any atom is -0.307 e.